The second kappa shape index (κ2) is 7.14. The third-order valence-corrected chi connectivity index (χ3v) is 6.62. The summed E-state index contributed by atoms with van der Waals surface area (Å²) in [7, 11) is 0. The second-order valence-corrected chi connectivity index (χ2v) is 8.78. The number of fused-ring (bicyclic) bond motifs is 2. The topological polar surface area (TPSA) is 70.5 Å². The summed E-state index contributed by atoms with van der Waals surface area (Å²) >= 11 is 2.40. The zero-order valence-corrected chi connectivity index (χ0v) is 16.2. The van der Waals surface area contributed by atoms with E-state index in [2.05, 4.69) is 4.98 Å². The SMILES string of the molecule is Cc1ccc2c(c1)N(Cc1nc3c(F)c(F)ccc3s1)C(=O)C(CC(=O)O)S2. The molecule has 1 N–H and O–H groups in total. The van der Waals surface area contributed by atoms with Gasteiger partial charge in [0, 0.05) is 4.90 Å². The highest BCUT2D eigenvalue weighted by Gasteiger charge is 2.35. The van der Waals surface area contributed by atoms with Crippen LogP contribution in [0.2, 0.25) is 0 Å². The van der Waals surface area contributed by atoms with E-state index >= 15 is 0 Å². The highest BCUT2D eigenvalue weighted by Crippen LogP contribution is 2.42. The number of aryl methyl sites for hydroxylation is 1. The molecule has 0 fully saturated rings. The van der Waals surface area contributed by atoms with E-state index in [-0.39, 0.29) is 24.4 Å². The molecule has 0 radical (unpaired) electrons. The minimum absolute atomic E-state index is 0.0619. The quantitative estimate of drug-likeness (QED) is 0.679. The fourth-order valence-electron chi connectivity index (χ4n) is 3.07. The average molecular weight is 420 g/mol. The van der Waals surface area contributed by atoms with E-state index in [0.717, 1.165) is 16.5 Å². The van der Waals surface area contributed by atoms with Crippen molar-refractivity contribution in [2.24, 2.45) is 0 Å². The van der Waals surface area contributed by atoms with Crippen LogP contribution in [0.1, 0.15) is 17.0 Å². The molecule has 1 atom stereocenters. The number of benzene rings is 2. The van der Waals surface area contributed by atoms with Gasteiger partial charge in [-0.2, -0.15) is 0 Å². The lowest BCUT2D eigenvalue weighted by Gasteiger charge is -2.33. The number of carboxylic acids is 1. The lowest BCUT2D eigenvalue weighted by molar-refractivity contribution is -0.138. The normalized spacial score (nSPS) is 16.5. The minimum atomic E-state index is -1.06. The number of thiazole rings is 1. The fraction of sp³-hybridized carbons (Fsp3) is 0.211. The number of amides is 1. The van der Waals surface area contributed by atoms with E-state index in [1.165, 1.54) is 34.1 Å². The zero-order valence-electron chi connectivity index (χ0n) is 14.6. The highest BCUT2D eigenvalue weighted by molar-refractivity contribution is 8.01. The van der Waals surface area contributed by atoms with Crippen LogP contribution in [0.3, 0.4) is 0 Å². The molecule has 2 aromatic carbocycles. The molecule has 2 heterocycles. The smallest absolute Gasteiger partial charge is 0.305 e. The van der Waals surface area contributed by atoms with Crippen molar-refractivity contribution >= 4 is 50.9 Å². The van der Waals surface area contributed by atoms with Gasteiger partial charge in [0.25, 0.3) is 0 Å². The van der Waals surface area contributed by atoms with Gasteiger partial charge in [0.05, 0.1) is 28.6 Å². The van der Waals surface area contributed by atoms with E-state index in [9.17, 15) is 18.4 Å². The first-order chi connectivity index (χ1) is 13.3. The third-order valence-electron chi connectivity index (χ3n) is 4.37. The van der Waals surface area contributed by atoms with Gasteiger partial charge in [-0.1, -0.05) is 6.07 Å². The summed E-state index contributed by atoms with van der Waals surface area (Å²) in [6.07, 6.45) is -0.299. The van der Waals surface area contributed by atoms with Crippen LogP contribution in [0.25, 0.3) is 10.2 Å². The summed E-state index contributed by atoms with van der Waals surface area (Å²) < 4.78 is 27.9. The molecule has 144 valence electrons. The van der Waals surface area contributed by atoms with Crippen LogP contribution < -0.4 is 4.90 Å². The van der Waals surface area contributed by atoms with Gasteiger partial charge in [0.2, 0.25) is 5.91 Å². The minimum Gasteiger partial charge on any atom is -0.481 e. The number of hydrogen-bond donors (Lipinski definition) is 1. The summed E-state index contributed by atoms with van der Waals surface area (Å²) in [4.78, 5) is 30.6. The molecule has 28 heavy (non-hydrogen) atoms. The first kappa shape index (κ1) is 18.8. The Morgan fingerprint density at radius 3 is 2.82 bits per heavy atom. The molecule has 1 amide bonds. The van der Waals surface area contributed by atoms with E-state index in [4.69, 9.17) is 5.11 Å². The van der Waals surface area contributed by atoms with Crippen molar-refractivity contribution in [3.63, 3.8) is 0 Å². The molecule has 0 saturated heterocycles. The number of aliphatic carboxylic acids is 1. The van der Waals surface area contributed by atoms with Crippen LogP contribution in [0.15, 0.2) is 35.2 Å². The van der Waals surface area contributed by atoms with Crippen LogP contribution in [0.5, 0.6) is 0 Å². The molecule has 1 aromatic heterocycles. The molecule has 9 heteroatoms. The van der Waals surface area contributed by atoms with Crippen molar-refractivity contribution in [2.75, 3.05) is 4.90 Å². The Kier molecular flexibility index (Phi) is 4.80. The molecule has 0 aliphatic carbocycles. The molecule has 0 bridgehead atoms. The van der Waals surface area contributed by atoms with Crippen molar-refractivity contribution in [1.82, 2.24) is 4.98 Å². The lowest BCUT2D eigenvalue weighted by atomic mass is 10.1. The molecule has 0 saturated carbocycles. The highest BCUT2D eigenvalue weighted by atomic mass is 32.2. The number of thioether (sulfide) groups is 1. The molecule has 5 nitrogen and oxygen atoms in total. The largest absolute Gasteiger partial charge is 0.481 e. The van der Waals surface area contributed by atoms with Gasteiger partial charge in [0.15, 0.2) is 11.6 Å². The van der Waals surface area contributed by atoms with Crippen LogP contribution in [0.4, 0.5) is 14.5 Å². The summed E-state index contributed by atoms with van der Waals surface area (Å²) in [6, 6.07) is 8.10. The molecule has 1 aliphatic heterocycles. The van der Waals surface area contributed by atoms with Crippen LogP contribution in [-0.4, -0.2) is 27.2 Å². The Morgan fingerprint density at radius 1 is 1.29 bits per heavy atom. The Hall–Kier alpha value is -2.52. The van der Waals surface area contributed by atoms with Gasteiger partial charge in [-0.25, -0.2) is 13.8 Å². The number of hydrogen-bond acceptors (Lipinski definition) is 5. The number of rotatable bonds is 4. The maximum absolute atomic E-state index is 14.0. The maximum Gasteiger partial charge on any atom is 0.305 e. The first-order valence-electron chi connectivity index (χ1n) is 8.37. The molecule has 1 aliphatic rings. The maximum atomic E-state index is 14.0. The lowest BCUT2D eigenvalue weighted by Crippen LogP contribution is -2.41. The van der Waals surface area contributed by atoms with Crippen LogP contribution >= 0.6 is 23.1 Å². The third kappa shape index (κ3) is 3.35. The van der Waals surface area contributed by atoms with Crippen LogP contribution in [-0.2, 0) is 16.1 Å². The summed E-state index contributed by atoms with van der Waals surface area (Å²) in [5.41, 5.74) is 1.55. The molecule has 4 rings (SSSR count). The van der Waals surface area contributed by atoms with Gasteiger partial charge < -0.3 is 10.0 Å². The number of aromatic nitrogens is 1. The van der Waals surface area contributed by atoms with E-state index < -0.39 is 22.9 Å². The summed E-state index contributed by atoms with van der Waals surface area (Å²) in [5, 5.41) is 8.82. The molecule has 3 aromatic rings. The number of carbonyl (C=O) groups excluding carboxylic acids is 1. The monoisotopic (exact) mass is 420 g/mol. The van der Waals surface area contributed by atoms with Gasteiger partial charge in [-0.3, -0.25) is 9.59 Å². The number of anilines is 1. The van der Waals surface area contributed by atoms with Crippen molar-refractivity contribution in [3.05, 3.63) is 52.5 Å². The number of carbonyl (C=O) groups is 2. The number of nitrogens with zero attached hydrogens (tertiary/aromatic N) is 2. The Morgan fingerprint density at radius 2 is 2.07 bits per heavy atom. The first-order valence-corrected chi connectivity index (χ1v) is 10.1. The van der Waals surface area contributed by atoms with Crippen molar-refractivity contribution in [1.29, 1.82) is 0 Å². The zero-order chi connectivity index (χ0) is 20.0. The van der Waals surface area contributed by atoms with Gasteiger partial charge in [0.1, 0.15) is 10.5 Å². The average Bonchev–Trinajstić information content (AvgIpc) is 3.05. The van der Waals surface area contributed by atoms with Crippen LogP contribution in [0, 0.1) is 18.6 Å². The fourth-order valence-corrected chi connectivity index (χ4v) is 5.22. The Bertz CT molecular complexity index is 1120. The molecule has 1 unspecified atom stereocenters. The molecular formula is C19H14F2N2O3S2. The number of carboxylic acid groups (broad SMARTS) is 1. The van der Waals surface area contributed by atoms with Crippen molar-refractivity contribution in [3.8, 4) is 0 Å². The van der Waals surface area contributed by atoms with Gasteiger partial charge in [-0.05, 0) is 36.8 Å². The van der Waals surface area contributed by atoms with E-state index in [1.54, 1.807) is 0 Å². The Labute approximate surface area is 167 Å². The summed E-state index contributed by atoms with van der Waals surface area (Å²) in [6.45, 7) is 1.96. The second-order valence-electron chi connectivity index (χ2n) is 6.42. The van der Waals surface area contributed by atoms with E-state index in [0.29, 0.717) is 15.4 Å². The predicted octanol–water partition coefficient (Wildman–Crippen LogP) is 4.37. The van der Waals surface area contributed by atoms with Gasteiger partial charge >= 0.3 is 5.97 Å². The number of halogens is 2. The standard InChI is InChI=1S/C19H14F2N2O3S2/c1-9-2-4-12-11(6-9)23(19(26)14(27-12)7-16(24)25)8-15-22-18-13(28-15)5-3-10(20)17(18)21/h2-6,14H,7-8H2,1H3,(H,24,25). The molecular weight excluding hydrogens is 406 g/mol. The van der Waals surface area contributed by atoms with Gasteiger partial charge in [-0.15, -0.1) is 23.1 Å². The predicted molar refractivity (Wildman–Crippen MR) is 104 cm³/mol. The molecule has 0 spiro atoms. The Balaban J connectivity index is 1.74. The van der Waals surface area contributed by atoms with Crippen molar-refractivity contribution < 1.29 is 23.5 Å². The van der Waals surface area contributed by atoms with Crippen molar-refractivity contribution in [2.45, 2.75) is 30.0 Å². The summed E-state index contributed by atoms with van der Waals surface area (Å²) in [5.74, 6) is -3.38. The van der Waals surface area contributed by atoms with E-state index in [1.807, 2.05) is 25.1 Å².